The lowest BCUT2D eigenvalue weighted by Gasteiger charge is -2.35. The van der Waals surface area contributed by atoms with E-state index in [4.69, 9.17) is 5.11 Å². The zero-order chi connectivity index (χ0) is 28.3. The van der Waals surface area contributed by atoms with Gasteiger partial charge < -0.3 is 10.0 Å². The summed E-state index contributed by atoms with van der Waals surface area (Å²) in [5, 5.41) is 8.94. The predicted molar refractivity (Wildman–Crippen MR) is 155 cm³/mol. The third kappa shape index (κ3) is 9.02. The molecule has 1 N–H and O–H groups in total. The van der Waals surface area contributed by atoms with Crippen LogP contribution in [-0.4, -0.2) is 34.8 Å². The Hall–Kier alpha value is -3.12. The normalized spacial score (nSPS) is 13.9. The van der Waals surface area contributed by atoms with E-state index in [9.17, 15) is 13.6 Å². The maximum absolute atomic E-state index is 13.5. The molecule has 0 spiro atoms. The van der Waals surface area contributed by atoms with Crippen LogP contribution in [0, 0.1) is 6.92 Å². The molecule has 1 aliphatic rings. The Labute approximate surface area is 230 Å². The number of phenolic OH excluding ortho intramolecular Hbond substituents is 1. The fraction of sp³-hybridized carbons (Fsp3) is 0.344. The molecule has 1 aliphatic heterocycles. The zero-order valence-corrected chi connectivity index (χ0v) is 23.9. The molecule has 0 amide bonds. The van der Waals surface area contributed by atoms with Crippen molar-refractivity contribution in [3.8, 4) is 5.75 Å². The molecular weight excluding hydrogens is 500 g/mol. The minimum absolute atomic E-state index is 0.0466. The first-order valence-corrected chi connectivity index (χ1v) is 13.9. The Bertz CT molecular complexity index is 1220. The van der Waals surface area contributed by atoms with Gasteiger partial charge in [-0.3, -0.25) is 4.79 Å². The highest BCUT2D eigenvalue weighted by Gasteiger charge is 2.34. The van der Waals surface area contributed by atoms with Crippen LogP contribution < -0.4 is 0 Å². The lowest BCUT2D eigenvalue weighted by molar-refractivity contribution is -0.0450. The van der Waals surface area contributed by atoms with Gasteiger partial charge in [0, 0.05) is 52.5 Å². The Morgan fingerprint density at radius 2 is 1.66 bits per heavy atom. The molecule has 204 valence electrons. The molecule has 3 aromatic carbocycles. The van der Waals surface area contributed by atoms with Crippen LogP contribution >= 0.6 is 11.8 Å². The molecule has 4 rings (SSSR count). The van der Waals surface area contributed by atoms with E-state index in [1.807, 2.05) is 80.3 Å². The number of aromatic hydroxyl groups is 1. The minimum Gasteiger partial charge on any atom is -0.508 e. The quantitative estimate of drug-likeness (QED) is 0.317. The molecule has 3 aromatic rings. The van der Waals surface area contributed by atoms with E-state index in [0.717, 1.165) is 33.0 Å². The number of carbonyl (C=O) groups excluding carboxylic acids is 1. The Kier molecular flexibility index (Phi) is 12.0. The van der Waals surface area contributed by atoms with E-state index < -0.39 is 5.92 Å². The Balaban J connectivity index is 0.000000387. The number of phenols is 1. The average molecular weight is 540 g/mol. The molecule has 0 unspecified atom stereocenters. The number of benzene rings is 3. The van der Waals surface area contributed by atoms with Gasteiger partial charge in [-0.1, -0.05) is 75.5 Å². The number of hydrogen-bond donors (Lipinski definition) is 1. The molecule has 3 nitrogen and oxygen atoms in total. The van der Waals surface area contributed by atoms with Gasteiger partial charge in [-0.25, -0.2) is 8.78 Å². The number of nitrogens with zero attached hydrogens (tertiary/aromatic N) is 1. The van der Waals surface area contributed by atoms with Crippen LogP contribution in [-0.2, 0) is 6.42 Å². The molecule has 38 heavy (non-hydrogen) atoms. The van der Waals surface area contributed by atoms with Crippen molar-refractivity contribution in [3.05, 3.63) is 95.6 Å². The summed E-state index contributed by atoms with van der Waals surface area (Å²) in [7, 11) is 0. The van der Waals surface area contributed by atoms with Crippen LogP contribution in [0.2, 0.25) is 0 Å². The van der Waals surface area contributed by atoms with Crippen molar-refractivity contribution in [2.24, 2.45) is 0 Å². The fourth-order valence-electron chi connectivity index (χ4n) is 3.95. The summed E-state index contributed by atoms with van der Waals surface area (Å²) in [6.07, 6.45) is 0.717. The van der Waals surface area contributed by atoms with E-state index in [1.165, 1.54) is 5.56 Å². The van der Waals surface area contributed by atoms with Crippen LogP contribution in [0.25, 0.3) is 5.70 Å². The van der Waals surface area contributed by atoms with Crippen LogP contribution in [0.1, 0.15) is 67.6 Å². The van der Waals surface area contributed by atoms with Gasteiger partial charge >= 0.3 is 0 Å². The standard InChI is InChI=1S/C22H23F2NOS.C8H10O.C2H6/c1-15-14-18(17(3)26)8-9-20(15)27-21-7-5-4-6-19(21)16(2)25-12-10-22(23,24)11-13-25;1-2-7-4-3-5-8(9)6-7;1-2/h4-9,14H,2,10-13H2,1,3H3;3-6,9H,2H2,1H3;1-2H3. The molecule has 0 saturated carbocycles. The molecule has 1 saturated heterocycles. The number of piperidine rings is 1. The first-order chi connectivity index (χ1) is 18.1. The van der Waals surface area contributed by atoms with Crippen molar-refractivity contribution in [2.45, 2.75) is 69.6 Å². The summed E-state index contributed by atoms with van der Waals surface area (Å²) in [5.74, 6) is -2.17. The lowest BCUT2D eigenvalue weighted by Crippen LogP contribution is -2.38. The van der Waals surface area contributed by atoms with E-state index in [1.54, 1.807) is 30.8 Å². The third-order valence-corrected chi connectivity index (χ3v) is 7.45. The average Bonchev–Trinajstić information content (AvgIpc) is 2.91. The molecule has 1 heterocycles. The largest absolute Gasteiger partial charge is 0.508 e. The monoisotopic (exact) mass is 539 g/mol. The van der Waals surface area contributed by atoms with E-state index in [0.29, 0.717) is 24.4 Å². The van der Waals surface area contributed by atoms with Gasteiger partial charge in [0.15, 0.2) is 5.78 Å². The fourth-order valence-corrected chi connectivity index (χ4v) is 4.98. The van der Waals surface area contributed by atoms with E-state index >= 15 is 0 Å². The van der Waals surface area contributed by atoms with Crippen molar-refractivity contribution < 1.29 is 18.7 Å². The predicted octanol–water partition coefficient (Wildman–Crippen LogP) is 9.03. The van der Waals surface area contributed by atoms with Gasteiger partial charge in [-0.05, 0) is 61.7 Å². The van der Waals surface area contributed by atoms with Crippen molar-refractivity contribution in [3.63, 3.8) is 0 Å². The third-order valence-electron chi connectivity index (χ3n) is 6.19. The number of Topliss-reactive ketones (excluding diaryl/α,β-unsaturated/α-hetero) is 1. The van der Waals surface area contributed by atoms with Crippen LogP contribution in [0.3, 0.4) is 0 Å². The van der Waals surface area contributed by atoms with Crippen molar-refractivity contribution in [1.82, 2.24) is 4.90 Å². The number of halogens is 2. The smallest absolute Gasteiger partial charge is 0.251 e. The molecule has 0 aromatic heterocycles. The number of carbonyl (C=O) groups is 1. The van der Waals surface area contributed by atoms with Crippen molar-refractivity contribution >= 4 is 23.2 Å². The molecular formula is C32H39F2NO2S. The number of likely N-dealkylation sites (tertiary alicyclic amines) is 1. The molecule has 0 aliphatic carbocycles. The summed E-state index contributed by atoms with van der Waals surface area (Å²) < 4.78 is 26.9. The van der Waals surface area contributed by atoms with Crippen LogP contribution in [0.15, 0.2) is 83.1 Å². The Morgan fingerprint density at radius 3 is 2.21 bits per heavy atom. The number of rotatable bonds is 6. The van der Waals surface area contributed by atoms with Crippen LogP contribution in [0.4, 0.5) is 8.78 Å². The second-order valence-electron chi connectivity index (χ2n) is 8.95. The van der Waals surface area contributed by atoms with Crippen molar-refractivity contribution in [2.75, 3.05) is 13.1 Å². The Morgan fingerprint density at radius 1 is 1.00 bits per heavy atom. The highest BCUT2D eigenvalue weighted by molar-refractivity contribution is 7.99. The highest BCUT2D eigenvalue weighted by Crippen LogP contribution is 2.38. The maximum Gasteiger partial charge on any atom is 0.251 e. The number of alkyl halides is 2. The van der Waals surface area contributed by atoms with Gasteiger partial charge in [0.1, 0.15) is 5.75 Å². The summed E-state index contributed by atoms with van der Waals surface area (Å²) >= 11 is 1.61. The van der Waals surface area contributed by atoms with Gasteiger partial charge in [-0.15, -0.1) is 0 Å². The number of hydrogen-bond acceptors (Lipinski definition) is 4. The van der Waals surface area contributed by atoms with Gasteiger partial charge in [-0.2, -0.15) is 0 Å². The molecule has 0 atom stereocenters. The topological polar surface area (TPSA) is 40.5 Å². The van der Waals surface area contributed by atoms with Crippen molar-refractivity contribution in [1.29, 1.82) is 0 Å². The van der Waals surface area contributed by atoms with Gasteiger partial charge in [0.05, 0.1) is 0 Å². The van der Waals surface area contributed by atoms with Crippen LogP contribution in [0.5, 0.6) is 5.75 Å². The first-order valence-electron chi connectivity index (χ1n) is 13.1. The summed E-state index contributed by atoms with van der Waals surface area (Å²) in [6.45, 7) is 14.4. The minimum atomic E-state index is -2.57. The number of aryl methyl sites for hydroxylation is 2. The van der Waals surface area contributed by atoms with E-state index in [2.05, 4.69) is 13.5 Å². The highest BCUT2D eigenvalue weighted by atomic mass is 32.2. The molecule has 6 heteroatoms. The summed E-state index contributed by atoms with van der Waals surface area (Å²) in [6, 6.07) is 20.9. The maximum atomic E-state index is 13.5. The SMILES string of the molecule is C=C(c1ccccc1Sc1ccc(C(C)=O)cc1C)N1CCC(F)(F)CC1.CC.CCc1cccc(O)c1. The van der Waals surface area contributed by atoms with Gasteiger partial charge in [0.25, 0.3) is 5.92 Å². The lowest BCUT2D eigenvalue weighted by atomic mass is 10.0. The summed E-state index contributed by atoms with van der Waals surface area (Å²) in [5.41, 5.74) is 4.65. The summed E-state index contributed by atoms with van der Waals surface area (Å²) in [4.78, 5) is 15.6. The van der Waals surface area contributed by atoms with E-state index in [-0.39, 0.29) is 18.6 Å². The molecule has 0 radical (unpaired) electrons. The number of ketones is 1. The molecule has 1 fully saturated rings. The first kappa shape index (κ1) is 31.1. The second-order valence-corrected chi connectivity index (χ2v) is 10.0. The second kappa shape index (κ2) is 14.7. The zero-order valence-electron chi connectivity index (χ0n) is 23.1. The van der Waals surface area contributed by atoms with Gasteiger partial charge in [0.2, 0.25) is 0 Å². The molecule has 0 bridgehead atoms.